The van der Waals surface area contributed by atoms with Crippen LogP contribution in [0.3, 0.4) is 0 Å². The van der Waals surface area contributed by atoms with Crippen molar-refractivity contribution in [1.82, 2.24) is 0 Å². The van der Waals surface area contributed by atoms with E-state index in [1.165, 1.54) is 250 Å². The summed E-state index contributed by atoms with van der Waals surface area (Å²) in [4.78, 5) is 73.1. The molecule has 3 N–H and O–H groups in total. The first kappa shape index (κ1) is 100. The van der Waals surface area contributed by atoms with Crippen LogP contribution in [0.15, 0.2) is 0 Å². The van der Waals surface area contributed by atoms with Crippen molar-refractivity contribution in [2.45, 2.75) is 458 Å². The predicted molar refractivity (Wildman–Crippen MR) is 418 cm³/mol. The van der Waals surface area contributed by atoms with Crippen molar-refractivity contribution in [2.24, 2.45) is 11.8 Å². The van der Waals surface area contributed by atoms with Crippen molar-refractivity contribution in [3.8, 4) is 0 Å². The molecule has 102 heavy (non-hydrogen) atoms. The maximum atomic E-state index is 13.1. The lowest BCUT2D eigenvalue weighted by Crippen LogP contribution is -2.30. The Morgan fingerprint density at radius 1 is 0.275 bits per heavy atom. The molecular weight excluding hydrogens is 1330 g/mol. The molecule has 0 spiro atoms. The van der Waals surface area contributed by atoms with Gasteiger partial charge in [0.2, 0.25) is 0 Å². The molecule has 19 heteroatoms. The molecule has 0 fully saturated rings. The molecule has 0 amide bonds. The highest BCUT2D eigenvalue weighted by Gasteiger charge is 2.30. The summed E-state index contributed by atoms with van der Waals surface area (Å²) in [7, 11) is -9.92. The minimum atomic E-state index is -4.96. The van der Waals surface area contributed by atoms with Crippen LogP contribution in [0.4, 0.5) is 0 Å². The summed E-state index contributed by atoms with van der Waals surface area (Å²) >= 11 is 0. The fourth-order valence-electron chi connectivity index (χ4n) is 12.8. The van der Waals surface area contributed by atoms with Gasteiger partial charge in [0.05, 0.1) is 26.4 Å². The first-order valence-corrected chi connectivity index (χ1v) is 46.1. The average molecular weight is 1490 g/mol. The van der Waals surface area contributed by atoms with Crippen LogP contribution in [-0.4, -0.2) is 96.7 Å². The molecule has 0 heterocycles. The van der Waals surface area contributed by atoms with E-state index in [4.69, 9.17) is 37.0 Å². The molecule has 17 nitrogen and oxygen atoms in total. The predicted octanol–water partition coefficient (Wildman–Crippen LogP) is 25.1. The summed E-state index contributed by atoms with van der Waals surface area (Å²) in [6, 6.07) is 0. The molecule has 7 atom stereocenters. The Morgan fingerprint density at radius 2 is 0.471 bits per heavy atom. The fourth-order valence-corrected chi connectivity index (χ4v) is 14.4. The molecule has 4 unspecified atom stereocenters. The molecule has 0 bridgehead atoms. The molecule has 0 aliphatic carbocycles. The highest BCUT2D eigenvalue weighted by Crippen LogP contribution is 2.45. The van der Waals surface area contributed by atoms with Gasteiger partial charge in [-0.2, -0.15) is 0 Å². The summed E-state index contributed by atoms with van der Waals surface area (Å²) in [6.07, 6.45) is 65.4. The number of phosphoric acid groups is 2. The van der Waals surface area contributed by atoms with E-state index < -0.39 is 97.5 Å². The second-order valence-electron chi connectivity index (χ2n) is 30.4. The van der Waals surface area contributed by atoms with Crippen molar-refractivity contribution in [3.63, 3.8) is 0 Å². The van der Waals surface area contributed by atoms with Gasteiger partial charge in [-0.3, -0.25) is 37.3 Å². The second kappa shape index (κ2) is 74.5. The summed E-state index contributed by atoms with van der Waals surface area (Å²) in [5.74, 6) is -0.611. The van der Waals surface area contributed by atoms with Gasteiger partial charge in [-0.1, -0.05) is 388 Å². The zero-order valence-electron chi connectivity index (χ0n) is 66.9. The average Bonchev–Trinajstić information content (AvgIpc) is 0.953. The number of ether oxygens (including phenoxy) is 4. The number of carbonyl (C=O) groups is 4. The van der Waals surface area contributed by atoms with Gasteiger partial charge in [0.15, 0.2) is 12.2 Å². The van der Waals surface area contributed by atoms with E-state index in [0.29, 0.717) is 25.7 Å². The molecule has 0 rings (SSSR count). The third-order valence-corrected chi connectivity index (χ3v) is 22.1. The molecule has 0 aliphatic heterocycles. The number of hydrogen-bond acceptors (Lipinski definition) is 15. The van der Waals surface area contributed by atoms with E-state index in [1.807, 2.05) is 0 Å². The van der Waals surface area contributed by atoms with Gasteiger partial charge in [0, 0.05) is 25.7 Å². The van der Waals surface area contributed by atoms with Gasteiger partial charge in [0.25, 0.3) is 0 Å². The minimum Gasteiger partial charge on any atom is -0.462 e. The summed E-state index contributed by atoms with van der Waals surface area (Å²) in [5, 5.41) is 10.6. The zero-order chi connectivity index (χ0) is 74.9. The van der Waals surface area contributed by atoms with Gasteiger partial charge in [0.1, 0.15) is 19.3 Å². The SMILES string of the molecule is CCCCCCCCCCCCCCCCCCCCCCCC(=O)O[C@H](COC(=O)CCCCCCCCCCCCCCCCCCCCC)COP(=O)(O)OC[C@@H](O)COP(=O)(O)OC[C@@H](COC(=O)CCCCCCCCC(C)CC)OC(=O)CCCCCCCCCCC(C)CC. The molecule has 0 aromatic carbocycles. The molecule has 0 saturated heterocycles. The lowest BCUT2D eigenvalue weighted by atomic mass is 9.99. The number of esters is 4. The van der Waals surface area contributed by atoms with E-state index in [2.05, 4.69) is 41.5 Å². The maximum absolute atomic E-state index is 13.1. The summed E-state index contributed by atoms with van der Waals surface area (Å²) < 4.78 is 68.7. The van der Waals surface area contributed by atoms with Gasteiger partial charge >= 0.3 is 39.5 Å². The van der Waals surface area contributed by atoms with Crippen molar-refractivity contribution < 1.29 is 80.2 Å². The Morgan fingerprint density at radius 3 is 0.696 bits per heavy atom. The van der Waals surface area contributed by atoms with Crippen LogP contribution in [0, 0.1) is 11.8 Å². The standard InChI is InChI=1S/C83H162O17P2/c1-7-11-13-15-17-19-21-23-25-27-29-30-32-34-36-38-40-42-47-55-61-67-82(87)99-78(71-93-80(85)65-59-53-46-41-39-37-35-33-31-28-26-24-22-20-18-16-14-12-8-2)73-97-101(89,90)95-69-77(84)70-96-102(91,92)98-74-79(72-94-81(86)66-60-54-50-49-52-58-64-76(6)10-4)100-83(88)68-62-56-48-44-43-45-51-57-63-75(5)9-3/h75-79,84H,7-74H2,1-6H3,(H,89,90)(H,91,92)/t75?,76?,77-,78-,79-/m1/s1. The van der Waals surface area contributed by atoms with E-state index in [9.17, 15) is 43.2 Å². The molecule has 0 aliphatic rings. The topological polar surface area (TPSA) is 237 Å². The first-order chi connectivity index (χ1) is 49.4. The maximum Gasteiger partial charge on any atom is 0.472 e. The quantitative estimate of drug-likeness (QED) is 0.0222. The highest BCUT2D eigenvalue weighted by molar-refractivity contribution is 7.47. The number of phosphoric ester groups is 2. The highest BCUT2D eigenvalue weighted by atomic mass is 31.2. The first-order valence-electron chi connectivity index (χ1n) is 43.1. The van der Waals surface area contributed by atoms with E-state index in [1.54, 1.807) is 0 Å². The van der Waals surface area contributed by atoms with Crippen molar-refractivity contribution in [2.75, 3.05) is 39.6 Å². The molecule has 0 radical (unpaired) electrons. The van der Waals surface area contributed by atoms with Gasteiger partial charge in [-0.25, -0.2) is 9.13 Å². The van der Waals surface area contributed by atoms with E-state index in [0.717, 1.165) is 108 Å². The number of rotatable bonds is 82. The lowest BCUT2D eigenvalue weighted by Gasteiger charge is -2.21. The van der Waals surface area contributed by atoms with Crippen LogP contribution in [0.1, 0.15) is 440 Å². The van der Waals surface area contributed by atoms with Crippen molar-refractivity contribution in [1.29, 1.82) is 0 Å². The second-order valence-corrected chi connectivity index (χ2v) is 33.3. The Bertz CT molecular complexity index is 1960. The smallest absolute Gasteiger partial charge is 0.462 e. The minimum absolute atomic E-state index is 0.104. The van der Waals surface area contributed by atoms with Crippen LogP contribution in [0.25, 0.3) is 0 Å². The van der Waals surface area contributed by atoms with Crippen LogP contribution in [0.2, 0.25) is 0 Å². The molecular formula is C83H162O17P2. The summed E-state index contributed by atoms with van der Waals surface area (Å²) in [6.45, 7) is 9.59. The van der Waals surface area contributed by atoms with E-state index in [-0.39, 0.29) is 25.7 Å². The fraction of sp³-hybridized carbons (Fsp3) is 0.952. The Hall–Kier alpha value is -1.94. The molecule has 606 valence electrons. The number of aliphatic hydroxyl groups is 1. The van der Waals surface area contributed by atoms with Crippen LogP contribution in [-0.2, 0) is 65.4 Å². The lowest BCUT2D eigenvalue weighted by molar-refractivity contribution is -0.161. The zero-order valence-corrected chi connectivity index (χ0v) is 68.7. The summed E-state index contributed by atoms with van der Waals surface area (Å²) in [5.41, 5.74) is 0. The monoisotopic (exact) mass is 1490 g/mol. The van der Waals surface area contributed by atoms with E-state index >= 15 is 0 Å². The third-order valence-electron chi connectivity index (χ3n) is 20.2. The number of unbranched alkanes of at least 4 members (excludes halogenated alkanes) is 50. The van der Waals surface area contributed by atoms with Gasteiger partial charge in [-0.15, -0.1) is 0 Å². The Balaban J connectivity index is 5.21. The molecule has 0 aromatic heterocycles. The van der Waals surface area contributed by atoms with Crippen molar-refractivity contribution >= 4 is 39.5 Å². The van der Waals surface area contributed by atoms with Crippen molar-refractivity contribution in [3.05, 3.63) is 0 Å². The van der Waals surface area contributed by atoms with Gasteiger partial charge < -0.3 is 33.8 Å². The number of aliphatic hydroxyl groups excluding tert-OH is 1. The molecule has 0 saturated carbocycles. The van der Waals surface area contributed by atoms with Crippen LogP contribution >= 0.6 is 15.6 Å². The third kappa shape index (κ3) is 73.6. The molecule has 0 aromatic rings. The largest absolute Gasteiger partial charge is 0.472 e. The Kier molecular flexibility index (Phi) is 73.1. The van der Waals surface area contributed by atoms with Gasteiger partial charge in [-0.05, 0) is 37.5 Å². The van der Waals surface area contributed by atoms with Crippen LogP contribution in [0.5, 0.6) is 0 Å². The normalized spacial score (nSPS) is 14.4. The van der Waals surface area contributed by atoms with Crippen LogP contribution < -0.4 is 0 Å². The Labute approximate surface area is 626 Å². The number of hydrogen-bond donors (Lipinski definition) is 3. The number of carbonyl (C=O) groups excluding carboxylic acids is 4.